The smallest absolute Gasteiger partial charge is 0.135 e. The lowest BCUT2D eigenvalue weighted by atomic mass is 10.1. The molecular weight excluding hydrogens is 264 g/mol. The molecule has 1 atom stereocenters. The predicted molar refractivity (Wildman–Crippen MR) is 85.8 cm³/mol. The molecule has 2 rings (SSSR count). The van der Waals surface area contributed by atoms with E-state index in [1.165, 1.54) is 5.56 Å². The van der Waals surface area contributed by atoms with Crippen LogP contribution in [0.25, 0.3) is 0 Å². The first-order valence-corrected chi connectivity index (χ1v) is 7.90. The van der Waals surface area contributed by atoms with E-state index in [4.69, 9.17) is 9.72 Å². The van der Waals surface area contributed by atoms with Gasteiger partial charge in [0.05, 0.1) is 13.2 Å². The molecular formula is C16H28N4O. The van der Waals surface area contributed by atoms with Gasteiger partial charge in [-0.15, -0.1) is 0 Å². The van der Waals surface area contributed by atoms with Crippen LogP contribution >= 0.6 is 0 Å². The number of anilines is 1. The van der Waals surface area contributed by atoms with E-state index in [0.29, 0.717) is 5.92 Å². The van der Waals surface area contributed by atoms with Crippen LogP contribution in [0.2, 0.25) is 0 Å². The van der Waals surface area contributed by atoms with Gasteiger partial charge in [-0.3, -0.25) is 0 Å². The molecule has 1 aliphatic heterocycles. The van der Waals surface area contributed by atoms with Gasteiger partial charge in [0.1, 0.15) is 11.6 Å². The largest absolute Gasteiger partial charge is 0.379 e. The van der Waals surface area contributed by atoms with Crippen LogP contribution < -0.4 is 4.90 Å². The van der Waals surface area contributed by atoms with Gasteiger partial charge in [0.25, 0.3) is 0 Å². The average Bonchev–Trinajstić information content (AvgIpc) is 2.66. The van der Waals surface area contributed by atoms with E-state index >= 15 is 0 Å². The van der Waals surface area contributed by atoms with Gasteiger partial charge in [0.15, 0.2) is 0 Å². The number of rotatable bonds is 5. The van der Waals surface area contributed by atoms with E-state index in [2.05, 4.69) is 35.8 Å². The van der Waals surface area contributed by atoms with Crippen LogP contribution in [0, 0.1) is 12.8 Å². The number of hydrogen-bond donors (Lipinski definition) is 0. The third kappa shape index (κ3) is 4.64. The molecule has 1 aliphatic rings. The van der Waals surface area contributed by atoms with Crippen molar-refractivity contribution < 1.29 is 4.74 Å². The summed E-state index contributed by atoms with van der Waals surface area (Å²) in [5, 5.41) is 0. The molecule has 1 aromatic rings. The molecule has 0 aliphatic carbocycles. The fraction of sp³-hybridized carbons (Fsp3) is 0.750. The van der Waals surface area contributed by atoms with E-state index in [0.717, 1.165) is 57.3 Å². The van der Waals surface area contributed by atoms with Gasteiger partial charge in [0.2, 0.25) is 0 Å². The second-order valence-corrected chi connectivity index (χ2v) is 6.17. The molecule has 0 bridgehead atoms. The Morgan fingerprint density at radius 3 is 2.95 bits per heavy atom. The lowest BCUT2D eigenvalue weighted by Gasteiger charge is -2.27. The summed E-state index contributed by atoms with van der Waals surface area (Å²) >= 11 is 0. The van der Waals surface area contributed by atoms with Gasteiger partial charge < -0.3 is 14.5 Å². The normalized spacial score (nSPS) is 19.9. The molecule has 0 saturated carbocycles. The first-order valence-electron chi connectivity index (χ1n) is 7.90. The molecule has 5 heteroatoms. The number of aromatic nitrogens is 2. The zero-order chi connectivity index (χ0) is 15.2. The predicted octanol–water partition coefficient (Wildman–Crippen LogP) is 1.75. The van der Waals surface area contributed by atoms with E-state index in [1.807, 2.05) is 13.1 Å². The highest BCUT2D eigenvalue weighted by Crippen LogP contribution is 2.21. The second kappa shape index (κ2) is 7.71. The second-order valence-electron chi connectivity index (χ2n) is 6.17. The average molecular weight is 292 g/mol. The molecule has 1 fully saturated rings. The summed E-state index contributed by atoms with van der Waals surface area (Å²) in [5.74, 6) is 2.48. The molecule has 0 N–H and O–H groups in total. The highest BCUT2D eigenvalue weighted by Gasteiger charge is 2.22. The summed E-state index contributed by atoms with van der Waals surface area (Å²) < 4.78 is 5.78. The number of hydrogen-bond acceptors (Lipinski definition) is 5. The molecule has 2 heterocycles. The minimum atomic E-state index is 0.521. The van der Waals surface area contributed by atoms with Gasteiger partial charge in [-0.1, -0.05) is 13.3 Å². The SMILES string of the molecule is CCCc1cnc(C)nc1N1CCOC[C@@H](CN(C)C)C1. The molecule has 0 unspecified atom stereocenters. The van der Waals surface area contributed by atoms with Crippen LogP contribution in [-0.4, -0.2) is 61.8 Å². The summed E-state index contributed by atoms with van der Waals surface area (Å²) in [4.78, 5) is 13.7. The fourth-order valence-corrected chi connectivity index (χ4v) is 2.90. The molecule has 0 radical (unpaired) electrons. The number of aryl methyl sites for hydroxylation is 2. The molecule has 1 saturated heterocycles. The van der Waals surface area contributed by atoms with E-state index in [9.17, 15) is 0 Å². The van der Waals surface area contributed by atoms with Crippen LogP contribution in [-0.2, 0) is 11.2 Å². The van der Waals surface area contributed by atoms with Gasteiger partial charge in [-0.05, 0) is 27.4 Å². The van der Waals surface area contributed by atoms with Crippen molar-refractivity contribution in [3.8, 4) is 0 Å². The van der Waals surface area contributed by atoms with Gasteiger partial charge in [-0.2, -0.15) is 0 Å². The monoisotopic (exact) mass is 292 g/mol. The summed E-state index contributed by atoms with van der Waals surface area (Å²) in [6, 6.07) is 0. The van der Waals surface area contributed by atoms with Crippen LogP contribution in [0.1, 0.15) is 24.7 Å². The lowest BCUT2D eigenvalue weighted by Crippen LogP contribution is -2.36. The first-order chi connectivity index (χ1) is 10.1. The zero-order valence-electron chi connectivity index (χ0n) is 13.8. The first kappa shape index (κ1) is 16.2. The minimum Gasteiger partial charge on any atom is -0.379 e. The van der Waals surface area contributed by atoms with Crippen molar-refractivity contribution in [2.45, 2.75) is 26.7 Å². The van der Waals surface area contributed by atoms with Crippen LogP contribution in [0.15, 0.2) is 6.20 Å². The van der Waals surface area contributed by atoms with Gasteiger partial charge in [0, 0.05) is 37.3 Å². The fourth-order valence-electron chi connectivity index (χ4n) is 2.90. The van der Waals surface area contributed by atoms with Crippen molar-refractivity contribution in [3.63, 3.8) is 0 Å². The lowest BCUT2D eigenvalue weighted by molar-refractivity contribution is 0.113. The maximum Gasteiger partial charge on any atom is 0.135 e. The van der Waals surface area contributed by atoms with Crippen molar-refractivity contribution in [1.82, 2.24) is 14.9 Å². The Labute approximate surface area is 128 Å². The maximum absolute atomic E-state index is 5.78. The van der Waals surface area contributed by atoms with Crippen LogP contribution in [0.3, 0.4) is 0 Å². The molecule has 0 spiro atoms. The molecule has 21 heavy (non-hydrogen) atoms. The third-order valence-corrected chi connectivity index (χ3v) is 3.74. The van der Waals surface area contributed by atoms with Crippen molar-refractivity contribution in [1.29, 1.82) is 0 Å². The van der Waals surface area contributed by atoms with Crippen molar-refractivity contribution in [2.75, 3.05) is 51.8 Å². The molecule has 0 amide bonds. The number of ether oxygens (including phenoxy) is 1. The highest BCUT2D eigenvalue weighted by molar-refractivity contribution is 5.46. The van der Waals surface area contributed by atoms with Crippen molar-refractivity contribution in [2.24, 2.45) is 5.92 Å². The van der Waals surface area contributed by atoms with Gasteiger partial charge >= 0.3 is 0 Å². The quantitative estimate of drug-likeness (QED) is 0.827. The summed E-state index contributed by atoms with van der Waals surface area (Å²) in [6.45, 7) is 8.74. The Balaban J connectivity index is 2.19. The molecule has 5 nitrogen and oxygen atoms in total. The Bertz CT molecular complexity index is 450. The Kier molecular flexibility index (Phi) is 5.94. The van der Waals surface area contributed by atoms with Gasteiger partial charge in [-0.25, -0.2) is 9.97 Å². The molecule has 0 aromatic carbocycles. The van der Waals surface area contributed by atoms with Crippen LogP contribution in [0.5, 0.6) is 0 Å². The maximum atomic E-state index is 5.78. The summed E-state index contributed by atoms with van der Waals surface area (Å²) in [6.07, 6.45) is 4.14. The Morgan fingerprint density at radius 1 is 1.43 bits per heavy atom. The van der Waals surface area contributed by atoms with Crippen molar-refractivity contribution >= 4 is 5.82 Å². The van der Waals surface area contributed by atoms with E-state index in [1.54, 1.807) is 0 Å². The molecule has 1 aromatic heterocycles. The van der Waals surface area contributed by atoms with Crippen molar-refractivity contribution in [3.05, 3.63) is 17.6 Å². The topological polar surface area (TPSA) is 41.5 Å². The third-order valence-electron chi connectivity index (χ3n) is 3.74. The Morgan fingerprint density at radius 2 is 2.24 bits per heavy atom. The van der Waals surface area contributed by atoms with E-state index in [-0.39, 0.29) is 0 Å². The summed E-state index contributed by atoms with van der Waals surface area (Å²) in [7, 11) is 4.24. The minimum absolute atomic E-state index is 0.521. The summed E-state index contributed by atoms with van der Waals surface area (Å²) in [5.41, 5.74) is 1.26. The van der Waals surface area contributed by atoms with E-state index < -0.39 is 0 Å². The standard InChI is InChI=1S/C16H28N4O/c1-5-6-15-9-17-13(2)18-16(15)20-7-8-21-12-14(11-20)10-19(3)4/h9,14H,5-8,10-12H2,1-4H3/t14-/m0/s1. The zero-order valence-corrected chi connectivity index (χ0v) is 13.8. The highest BCUT2D eigenvalue weighted by atomic mass is 16.5. The molecule has 118 valence electrons. The Hall–Kier alpha value is -1.20. The number of nitrogens with zero attached hydrogens (tertiary/aromatic N) is 4. The van der Waals surface area contributed by atoms with Crippen LogP contribution in [0.4, 0.5) is 5.82 Å².